The van der Waals surface area contributed by atoms with E-state index >= 15 is 0 Å². The Morgan fingerprint density at radius 3 is 2.52 bits per heavy atom. The molecule has 0 aliphatic heterocycles. The monoisotopic (exact) mass is 321 g/mol. The van der Waals surface area contributed by atoms with Crippen LogP contribution in [0.4, 0.5) is 8.78 Å². The highest BCUT2D eigenvalue weighted by Crippen LogP contribution is 2.14. The van der Waals surface area contributed by atoms with Crippen LogP contribution in [0.3, 0.4) is 0 Å². The number of hydrogen-bond acceptors (Lipinski definition) is 4. The van der Waals surface area contributed by atoms with Crippen molar-refractivity contribution in [3.63, 3.8) is 0 Å². The van der Waals surface area contributed by atoms with Gasteiger partial charge in [0.25, 0.3) is 11.5 Å². The molecule has 0 unspecified atom stereocenters. The van der Waals surface area contributed by atoms with Gasteiger partial charge in [0.15, 0.2) is 17.4 Å². The van der Waals surface area contributed by atoms with E-state index in [1.165, 1.54) is 13.0 Å². The average Bonchev–Trinajstić information content (AvgIpc) is 2.51. The van der Waals surface area contributed by atoms with Gasteiger partial charge in [0.2, 0.25) is 0 Å². The van der Waals surface area contributed by atoms with Gasteiger partial charge in [0.1, 0.15) is 5.69 Å². The molecule has 6 nitrogen and oxygen atoms in total. The molecule has 2 aromatic rings. The van der Waals surface area contributed by atoms with Crippen LogP contribution < -0.4 is 11.3 Å². The minimum absolute atomic E-state index is 0.0181. The van der Waals surface area contributed by atoms with Gasteiger partial charge in [0.05, 0.1) is 6.54 Å². The van der Waals surface area contributed by atoms with E-state index in [1.54, 1.807) is 0 Å². The van der Waals surface area contributed by atoms with E-state index in [0.717, 1.165) is 28.9 Å². The van der Waals surface area contributed by atoms with Crippen molar-refractivity contribution in [3.8, 4) is 0 Å². The molecule has 0 fully saturated rings. The molecule has 2 rings (SSSR count). The van der Waals surface area contributed by atoms with Crippen molar-refractivity contribution in [1.29, 1.82) is 0 Å². The van der Waals surface area contributed by atoms with Crippen LogP contribution in [0.1, 0.15) is 27.8 Å². The fourth-order valence-electron chi connectivity index (χ4n) is 1.99. The standard InChI is InChI=1S/C15H13F2N3O3/c1-8(14(22)9-2-3-10(16)11(17)6-9)7-20-13(21)5-4-12(19-20)15(18)23/h2-6,8H,7H2,1H3,(H2,18,23)/t8-/m1/s1. The predicted molar refractivity (Wildman–Crippen MR) is 76.9 cm³/mol. The number of nitrogens with two attached hydrogens (primary N) is 1. The van der Waals surface area contributed by atoms with Crippen molar-refractivity contribution >= 4 is 11.7 Å². The molecule has 0 radical (unpaired) electrons. The zero-order valence-electron chi connectivity index (χ0n) is 12.1. The quantitative estimate of drug-likeness (QED) is 0.835. The van der Waals surface area contributed by atoms with Crippen LogP contribution in [0.15, 0.2) is 35.1 Å². The molecule has 0 saturated heterocycles. The second kappa shape index (κ2) is 6.47. The first-order valence-corrected chi connectivity index (χ1v) is 6.67. The van der Waals surface area contributed by atoms with Crippen LogP contribution in [-0.2, 0) is 6.54 Å². The summed E-state index contributed by atoms with van der Waals surface area (Å²) < 4.78 is 27.0. The number of hydrogen-bond donors (Lipinski definition) is 1. The van der Waals surface area contributed by atoms with E-state index in [4.69, 9.17) is 5.73 Å². The van der Waals surface area contributed by atoms with E-state index < -0.39 is 34.8 Å². The highest BCUT2D eigenvalue weighted by molar-refractivity contribution is 5.97. The highest BCUT2D eigenvalue weighted by atomic mass is 19.2. The molecule has 0 spiro atoms. The summed E-state index contributed by atoms with van der Waals surface area (Å²) in [6.45, 7) is 1.38. The van der Waals surface area contributed by atoms with Crippen molar-refractivity contribution < 1.29 is 18.4 Å². The summed E-state index contributed by atoms with van der Waals surface area (Å²) in [5.74, 6) is -4.22. The predicted octanol–water partition coefficient (Wildman–Crippen LogP) is 1.14. The zero-order chi connectivity index (χ0) is 17.1. The summed E-state index contributed by atoms with van der Waals surface area (Å²) in [6.07, 6.45) is 0. The molecule has 120 valence electrons. The highest BCUT2D eigenvalue weighted by Gasteiger charge is 2.19. The van der Waals surface area contributed by atoms with Gasteiger partial charge in [-0.05, 0) is 24.3 Å². The minimum Gasteiger partial charge on any atom is -0.364 e. The number of nitrogens with zero attached hydrogens (tertiary/aromatic N) is 2. The fourth-order valence-corrected chi connectivity index (χ4v) is 1.99. The Balaban J connectivity index is 2.24. The van der Waals surface area contributed by atoms with E-state index in [-0.39, 0.29) is 17.8 Å². The molecular weight excluding hydrogens is 308 g/mol. The molecule has 1 amide bonds. The number of primary amides is 1. The first kappa shape index (κ1) is 16.5. The molecule has 0 saturated carbocycles. The number of benzene rings is 1. The maximum absolute atomic E-state index is 13.2. The van der Waals surface area contributed by atoms with Crippen LogP contribution in [-0.4, -0.2) is 21.5 Å². The summed E-state index contributed by atoms with van der Waals surface area (Å²) in [7, 11) is 0. The Hall–Kier alpha value is -2.90. The van der Waals surface area contributed by atoms with E-state index in [0.29, 0.717) is 0 Å². The summed E-state index contributed by atoms with van der Waals surface area (Å²) >= 11 is 0. The lowest BCUT2D eigenvalue weighted by molar-refractivity contribution is 0.0914. The second-order valence-electron chi connectivity index (χ2n) is 5.00. The maximum atomic E-state index is 13.2. The number of rotatable bonds is 5. The first-order chi connectivity index (χ1) is 10.8. The third-order valence-corrected chi connectivity index (χ3v) is 3.22. The Morgan fingerprint density at radius 2 is 1.91 bits per heavy atom. The summed E-state index contributed by atoms with van der Waals surface area (Å²) in [5.41, 5.74) is 4.44. The van der Waals surface area contributed by atoms with Crippen LogP contribution >= 0.6 is 0 Å². The van der Waals surface area contributed by atoms with E-state index in [2.05, 4.69) is 5.10 Å². The molecule has 23 heavy (non-hydrogen) atoms. The molecule has 1 aromatic heterocycles. The molecule has 0 bridgehead atoms. The number of amides is 1. The zero-order valence-corrected chi connectivity index (χ0v) is 12.1. The largest absolute Gasteiger partial charge is 0.364 e. The van der Waals surface area contributed by atoms with Gasteiger partial charge in [-0.25, -0.2) is 13.5 Å². The first-order valence-electron chi connectivity index (χ1n) is 6.67. The summed E-state index contributed by atoms with van der Waals surface area (Å²) in [4.78, 5) is 35.0. The van der Waals surface area contributed by atoms with Crippen LogP contribution in [0.5, 0.6) is 0 Å². The minimum atomic E-state index is -1.13. The third kappa shape index (κ3) is 3.65. The summed E-state index contributed by atoms with van der Waals surface area (Å²) in [6, 6.07) is 5.11. The smallest absolute Gasteiger partial charge is 0.269 e. The van der Waals surface area contributed by atoms with Crippen molar-refractivity contribution in [2.24, 2.45) is 11.7 Å². The lowest BCUT2D eigenvalue weighted by Crippen LogP contribution is -2.30. The Bertz CT molecular complexity index is 833. The SMILES string of the molecule is C[C@H](Cn1nc(C(N)=O)ccc1=O)C(=O)c1ccc(F)c(F)c1. The maximum Gasteiger partial charge on any atom is 0.269 e. The van der Waals surface area contributed by atoms with Crippen molar-refractivity contribution in [1.82, 2.24) is 9.78 Å². The molecule has 1 aromatic carbocycles. The Labute approximate surface area is 129 Å². The Morgan fingerprint density at radius 1 is 1.22 bits per heavy atom. The van der Waals surface area contributed by atoms with Gasteiger partial charge in [-0.1, -0.05) is 6.92 Å². The van der Waals surface area contributed by atoms with Gasteiger partial charge in [-0.15, -0.1) is 0 Å². The fraction of sp³-hybridized carbons (Fsp3) is 0.200. The molecule has 1 atom stereocenters. The van der Waals surface area contributed by atoms with E-state index in [9.17, 15) is 23.2 Å². The average molecular weight is 321 g/mol. The lowest BCUT2D eigenvalue weighted by Gasteiger charge is -2.12. The number of aromatic nitrogens is 2. The van der Waals surface area contributed by atoms with Crippen LogP contribution in [0.2, 0.25) is 0 Å². The van der Waals surface area contributed by atoms with Gasteiger partial charge in [-0.3, -0.25) is 14.4 Å². The van der Waals surface area contributed by atoms with Crippen molar-refractivity contribution in [2.75, 3.05) is 0 Å². The lowest BCUT2D eigenvalue weighted by atomic mass is 9.99. The van der Waals surface area contributed by atoms with E-state index in [1.807, 2.05) is 0 Å². The molecule has 8 heteroatoms. The second-order valence-corrected chi connectivity index (χ2v) is 5.00. The topological polar surface area (TPSA) is 95.1 Å². The van der Waals surface area contributed by atoms with Gasteiger partial charge in [-0.2, -0.15) is 5.10 Å². The molecule has 1 heterocycles. The van der Waals surface area contributed by atoms with Gasteiger partial charge >= 0.3 is 0 Å². The number of halogens is 2. The normalized spacial score (nSPS) is 12.0. The Kier molecular flexibility index (Phi) is 4.63. The summed E-state index contributed by atoms with van der Waals surface area (Å²) in [5, 5.41) is 3.76. The molecule has 0 aliphatic carbocycles. The number of Topliss-reactive ketones (excluding diaryl/α,β-unsaturated/α-hetero) is 1. The molecule has 2 N–H and O–H groups in total. The third-order valence-electron chi connectivity index (χ3n) is 3.22. The molecule has 0 aliphatic rings. The van der Waals surface area contributed by atoms with Gasteiger partial charge < -0.3 is 5.73 Å². The number of carbonyl (C=O) groups excluding carboxylic acids is 2. The number of carbonyl (C=O) groups is 2. The van der Waals surface area contributed by atoms with Crippen molar-refractivity contribution in [2.45, 2.75) is 13.5 Å². The van der Waals surface area contributed by atoms with Crippen LogP contribution in [0.25, 0.3) is 0 Å². The number of ketones is 1. The van der Waals surface area contributed by atoms with Crippen molar-refractivity contribution in [3.05, 3.63) is 63.6 Å². The van der Waals surface area contributed by atoms with Crippen LogP contribution in [0, 0.1) is 17.6 Å². The molecular formula is C15H13F2N3O3. The van der Waals surface area contributed by atoms with Gasteiger partial charge in [0, 0.05) is 17.5 Å².